The van der Waals surface area contributed by atoms with E-state index in [2.05, 4.69) is 37.4 Å². The van der Waals surface area contributed by atoms with Crippen LogP contribution in [0.1, 0.15) is 52.9 Å². The van der Waals surface area contributed by atoms with Gasteiger partial charge in [0.15, 0.2) is 0 Å². The third-order valence-corrected chi connectivity index (χ3v) is 9.64. The molecule has 0 aromatic rings. The van der Waals surface area contributed by atoms with Crippen LogP contribution in [0.5, 0.6) is 0 Å². The molecule has 1 aliphatic rings. The summed E-state index contributed by atoms with van der Waals surface area (Å²) in [6.07, 6.45) is 9.40. The Labute approximate surface area is 116 Å². The van der Waals surface area contributed by atoms with Gasteiger partial charge in [-0.25, -0.2) is 0 Å². The first-order valence-electron chi connectivity index (χ1n) is 8.12. The maximum Gasteiger partial charge on any atom is 0.0786 e. The number of likely N-dealkylation sites (tertiary alicyclic amines) is 1. The summed E-state index contributed by atoms with van der Waals surface area (Å²) in [5.74, 6) is 0. The van der Waals surface area contributed by atoms with Gasteiger partial charge in [0, 0.05) is 0 Å². The maximum atomic E-state index is 2.72. The standard InChI is InChI=1S/C16H33NSi/c1-4-13-18(14-5-2,15-6-3)16-12-17-10-8-7-9-11-17/h4,13H,5-12,14-16H2,1-3H3/b13-4-. The molecule has 0 aromatic carbocycles. The molecule has 1 fully saturated rings. The summed E-state index contributed by atoms with van der Waals surface area (Å²) in [5, 5.41) is 0. The molecular formula is C16H33NSi. The molecule has 1 rings (SSSR count). The molecule has 0 radical (unpaired) electrons. The van der Waals surface area contributed by atoms with Crippen molar-refractivity contribution in [3.8, 4) is 0 Å². The molecular weight excluding hydrogens is 234 g/mol. The minimum atomic E-state index is -1.10. The summed E-state index contributed by atoms with van der Waals surface area (Å²) < 4.78 is 0. The molecule has 0 spiro atoms. The predicted molar refractivity (Wildman–Crippen MR) is 85.9 cm³/mol. The first-order chi connectivity index (χ1) is 8.76. The molecule has 18 heavy (non-hydrogen) atoms. The van der Waals surface area contributed by atoms with Gasteiger partial charge in [0.25, 0.3) is 0 Å². The highest BCUT2D eigenvalue weighted by molar-refractivity contribution is 6.84. The highest BCUT2D eigenvalue weighted by Crippen LogP contribution is 2.27. The van der Waals surface area contributed by atoms with Crippen LogP contribution in [0.3, 0.4) is 0 Å². The van der Waals surface area contributed by atoms with Gasteiger partial charge >= 0.3 is 0 Å². The van der Waals surface area contributed by atoms with Gasteiger partial charge in [-0.1, -0.05) is 57.0 Å². The van der Waals surface area contributed by atoms with Crippen LogP contribution in [0.2, 0.25) is 18.1 Å². The van der Waals surface area contributed by atoms with Crippen molar-refractivity contribution < 1.29 is 0 Å². The Bertz CT molecular complexity index is 225. The van der Waals surface area contributed by atoms with Crippen LogP contribution in [0, 0.1) is 0 Å². The van der Waals surface area contributed by atoms with Crippen molar-refractivity contribution in [1.29, 1.82) is 0 Å². The topological polar surface area (TPSA) is 3.24 Å². The first-order valence-corrected chi connectivity index (χ1v) is 10.8. The predicted octanol–water partition coefficient (Wildman–Crippen LogP) is 4.86. The lowest BCUT2D eigenvalue weighted by atomic mass is 10.1. The number of piperidine rings is 1. The van der Waals surface area contributed by atoms with E-state index >= 15 is 0 Å². The Morgan fingerprint density at radius 3 is 2.06 bits per heavy atom. The van der Waals surface area contributed by atoms with Gasteiger partial charge in [-0.2, -0.15) is 0 Å². The Morgan fingerprint density at radius 1 is 0.944 bits per heavy atom. The van der Waals surface area contributed by atoms with E-state index in [1.54, 1.807) is 0 Å². The lowest BCUT2D eigenvalue weighted by molar-refractivity contribution is 0.239. The molecule has 0 saturated carbocycles. The lowest BCUT2D eigenvalue weighted by Crippen LogP contribution is -2.39. The molecule has 0 atom stereocenters. The first kappa shape index (κ1) is 16.0. The van der Waals surface area contributed by atoms with E-state index in [1.807, 2.05) is 0 Å². The Kier molecular flexibility index (Phi) is 7.92. The summed E-state index contributed by atoms with van der Waals surface area (Å²) in [4.78, 5) is 2.72. The lowest BCUT2D eigenvalue weighted by Gasteiger charge is -2.33. The van der Waals surface area contributed by atoms with Crippen LogP contribution in [0.15, 0.2) is 11.8 Å². The third-order valence-electron chi connectivity index (χ3n) is 4.39. The van der Waals surface area contributed by atoms with E-state index in [0.29, 0.717) is 0 Å². The van der Waals surface area contributed by atoms with Gasteiger partial charge in [0.05, 0.1) is 8.07 Å². The van der Waals surface area contributed by atoms with Crippen LogP contribution >= 0.6 is 0 Å². The summed E-state index contributed by atoms with van der Waals surface area (Å²) in [6, 6.07) is 4.50. The van der Waals surface area contributed by atoms with Crippen LogP contribution in [0.4, 0.5) is 0 Å². The molecule has 2 heteroatoms. The maximum absolute atomic E-state index is 2.72. The zero-order valence-corrected chi connectivity index (χ0v) is 13.9. The fourth-order valence-corrected chi connectivity index (χ4v) is 8.25. The number of nitrogens with zero attached hydrogens (tertiary/aromatic N) is 1. The molecule has 0 aromatic heterocycles. The molecule has 0 aliphatic carbocycles. The number of hydrogen-bond acceptors (Lipinski definition) is 1. The van der Waals surface area contributed by atoms with Crippen molar-refractivity contribution in [1.82, 2.24) is 4.90 Å². The SMILES string of the molecule is C/C=C\[Si](CCC)(CCC)CCN1CCCCC1. The molecule has 1 heterocycles. The van der Waals surface area contributed by atoms with E-state index in [1.165, 1.54) is 69.9 Å². The van der Waals surface area contributed by atoms with E-state index in [9.17, 15) is 0 Å². The van der Waals surface area contributed by atoms with Gasteiger partial charge in [-0.05, 0) is 45.4 Å². The minimum absolute atomic E-state index is 1.10. The Morgan fingerprint density at radius 2 is 1.56 bits per heavy atom. The van der Waals surface area contributed by atoms with Crippen LogP contribution < -0.4 is 0 Å². The van der Waals surface area contributed by atoms with Gasteiger partial charge in [-0.3, -0.25) is 0 Å². The third kappa shape index (κ3) is 5.27. The van der Waals surface area contributed by atoms with Crippen molar-refractivity contribution in [3.63, 3.8) is 0 Å². The summed E-state index contributed by atoms with van der Waals surface area (Å²) in [6.45, 7) is 11.0. The van der Waals surface area contributed by atoms with Crippen molar-refractivity contribution >= 4 is 8.07 Å². The average molecular weight is 268 g/mol. The van der Waals surface area contributed by atoms with Crippen molar-refractivity contribution in [2.45, 2.75) is 71.0 Å². The van der Waals surface area contributed by atoms with Crippen molar-refractivity contribution in [2.75, 3.05) is 19.6 Å². The fourth-order valence-electron chi connectivity index (χ4n) is 3.54. The summed E-state index contributed by atoms with van der Waals surface area (Å²) >= 11 is 0. The second kappa shape index (κ2) is 8.92. The zero-order chi connectivity index (χ0) is 13.3. The molecule has 1 nitrogen and oxygen atoms in total. The fraction of sp³-hybridized carbons (Fsp3) is 0.875. The largest absolute Gasteiger partial charge is 0.304 e. The van der Waals surface area contributed by atoms with E-state index in [0.717, 1.165) is 0 Å². The highest BCUT2D eigenvalue weighted by atomic mass is 28.3. The number of rotatable bonds is 8. The molecule has 0 unspecified atom stereocenters. The summed E-state index contributed by atoms with van der Waals surface area (Å²) in [5.41, 5.74) is 2.64. The zero-order valence-electron chi connectivity index (χ0n) is 12.9. The highest BCUT2D eigenvalue weighted by Gasteiger charge is 2.28. The molecule has 106 valence electrons. The van der Waals surface area contributed by atoms with Gasteiger partial charge in [0.2, 0.25) is 0 Å². The van der Waals surface area contributed by atoms with Crippen molar-refractivity contribution in [2.24, 2.45) is 0 Å². The summed E-state index contributed by atoms with van der Waals surface area (Å²) in [7, 11) is -1.10. The van der Waals surface area contributed by atoms with Gasteiger partial charge in [0.1, 0.15) is 0 Å². The quantitative estimate of drug-likeness (QED) is 0.568. The molecule has 1 saturated heterocycles. The van der Waals surface area contributed by atoms with Crippen molar-refractivity contribution in [3.05, 3.63) is 11.8 Å². The molecule has 0 N–H and O–H groups in total. The Balaban J connectivity index is 2.52. The van der Waals surface area contributed by atoms with Crippen LogP contribution in [0.25, 0.3) is 0 Å². The van der Waals surface area contributed by atoms with E-state index in [4.69, 9.17) is 0 Å². The number of hydrogen-bond donors (Lipinski definition) is 0. The van der Waals surface area contributed by atoms with E-state index in [-0.39, 0.29) is 0 Å². The minimum Gasteiger partial charge on any atom is -0.304 e. The second-order valence-electron chi connectivity index (χ2n) is 6.01. The van der Waals surface area contributed by atoms with Crippen LogP contribution in [-0.4, -0.2) is 32.6 Å². The average Bonchev–Trinajstić information content (AvgIpc) is 2.39. The smallest absolute Gasteiger partial charge is 0.0786 e. The van der Waals surface area contributed by atoms with Gasteiger partial charge in [-0.15, -0.1) is 0 Å². The van der Waals surface area contributed by atoms with Gasteiger partial charge < -0.3 is 4.90 Å². The number of allylic oxidation sites excluding steroid dienone is 1. The van der Waals surface area contributed by atoms with Crippen LogP contribution in [-0.2, 0) is 0 Å². The van der Waals surface area contributed by atoms with E-state index < -0.39 is 8.07 Å². The molecule has 0 amide bonds. The molecule has 1 aliphatic heterocycles. The molecule has 0 bridgehead atoms. The monoisotopic (exact) mass is 267 g/mol. The normalized spacial score (nSPS) is 18.6. The Hall–Kier alpha value is -0.0831. The second-order valence-corrected chi connectivity index (χ2v) is 10.6.